The third kappa shape index (κ3) is 5.27. The largest absolute Gasteiger partial charge is 0.484 e. The molecule has 4 rings (SSSR count). The quantitative estimate of drug-likeness (QED) is 0.546. The number of rotatable bonds is 5. The molecular formula is C25H25F3N2O. The second-order valence-corrected chi connectivity index (χ2v) is 7.78. The second kappa shape index (κ2) is 9.12. The molecule has 31 heavy (non-hydrogen) atoms. The van der Waals surface area contributed by atoms with Crippen molar-refractivity contribution < 1.29 is 17.9 Å². The topological polar surface area (TPSA) is 24.5 Å². The van der Waals surface area contributed by atoms with Crippen molar-refractivity contribution in [2.75, 3.05) is 13.1 Å². The van der Waals surface area contributed by atoms with Crippen LogP contribution in [0.5, 0.6) is 5.75 Å². The normalized spacial score (nSPS) is 18.1. The lowest BCUT2D eigenvalue weighted by molar-refractivity contribution is -0.137. The van der Waals surface area contributed by atoms with E-state index in [4.69, 9.17) is 4.74 Å². The number of alkyl halides is 3. The average molecular weight is 426 g/mol. The zero-order valence-corrected chi connectivity index (χ0v) is 17.3. The maximum absolute atomic E-state index is 12.9. The lowest BCUT2D eigenvalue weighted by atomic mass is 10.0. The molecule has 2 unspecified atom stereocenters. The number of nitrogens with one attached hydrogen (secondary N) is 1. The Morgan fingerprint density at radius 1 is 0.935 bits per heavy atom. The van der Waals surface area contributed by atoms with E-state index in [1.54, 1.807) is 0 Å². The zero-order valence-electron chi connectivity index (χ0n) is 17.3. The standard InChI is InChI=1S/C25H25F3N2O/c1-18(19-7-3-2-4-8-19)29-30-16-15-20-9-5-6-10-23(20)24(17-30)31-22-13-11-21(12-14-22)25(26,27)28/h2-14,18,24,29H,15-17H2,1H3. The summed E-state index contributed by atoms with van der Waals surface area (Å²) in [6, 6.07) is 23.3. The molecule has 3 aromatic carbocycles. The number of fused-ring (bicyclic) bond motifs is 1. The van der Waals surface area contributed by atoms with Gasteiger partial charge in [-0.3, -0.25) is 0 Å². The van der Waals surface area contributed by atoms with Gasteiger partial charge in [0.15, 0.2) is 0 Å². The summed E-state index contributed by atoms with van der Waals surface area (Å²) in [5.74, 6) is 0.422. The van der Waals surface area contributed by atoms with Gasteiger partial charge in [-0.1, -0.05) is 54.6 Å². The summed E-state index contributed by atoms with van der Waals surface area (Å²) in [5, 5.41) is 2.15. The second-order valence-electron chi connectivity index (χ2n) is 7.78. The van der Waals surface area contributed by atoms with Crippen molar-refractivity contribution in [2.45, 2.75) is 31.7 Å². The fourth-order valence-electron chi connectivity index (χ4n) is 3.92. The molecule has 3 aromatic rings. The van der Waals surface area contributed by atoms with Gasteiger partial charge in [-0.05, 0) is 54.3 Å². The minimum absolute atomic E-state index is 0.120. The van der Waals surface area contributed by atoms with Crippen molar-refractivity contribution in [2.24, 2.45) is 0 Å². The smallest absolute Gasteiger partial charge is 0.416 e. The van der Waals surface area contributed by atoms with Gasteiger partial charge in [-0.2, -0.15) is 13.2 Å². The molecule has 0 amide bonds. The Kier molecular flexibility index (Phi) is 6.30. The maximum Gasteiger partial charge on any atom is 0.416 e. The van der Waals surface area contributed by atoms with Crippen molar-refractivity contribution in [3.8, 4) is 5.75 Å². The number of halogens is 3. The van der Waals surface area contributed by atoms with Gasteiger partial charge in [0.1, 0.15) is 11.9 Å². The number of hydrogen-bond donors (Lipinski definition) is 1. The van der Waals surface area contributed by atoms with Crippen LogP contribution in [0.4, 0.5) is 13.2 Å². The molecule has 0 spiro atoms. The molecule has 0 saturated carbocycles. The Morgan fingerprint density at radius 3 is 2.32 bits per heavy atom. The Labute approximate surface area is 180 Å². The Bertz CT molecular complexity index is 990. The summed E-state index contributed by atoms with van der Waals surface area (Å²) in [4.78, 5) is 0. The molecule has 0 saturated heterocycles. The summed E-state index contributed by atoms with van der Waals surface area (Å²) in [5.41, 5.74) is 6.32. The van der Waals surface area contributed by atoms with Gasteiger partial charge < -0.3 is 4.74 Å². The first-order chi connectivity index (χ1) is 14.9. The highest BCUT2D eigenvalue weighted by Gasteiger charge is 2.30. The van der Waals surface area contributed by atoms with Gasteiger partial charge in [-0.25, -0.2) is 10.4 Å². The van der Waals surface area contributed by atoms with Crippen LogP contribution in [0.25, 0.3) is 0 Å². The molecule has 1 heterocycles. The number of nitrogens with zero attached hydrogens (tertiary/aromatic N) is 1. The predicted molar refractivity (Wildman–Crippen MR) is 115 cm³/mol. The molecule has 0 fully saturated rings. The SMILES string of the molecule is CC(NN1CCc2ccccc2C(Oc2ccc(C(F)(F)F)cc2)C1)c1ccccc1. The maximum atomic E-state index is 12.9. The van der Waals surface area contributed by atoms with Crippen LogP contribution in [-0.4, -0.2) is 18.1 Å². The number of benzene rings is 3. The summed E-state index contributed by atoms with van der Waals surface area (Å²) >= 11 is 0. The van der Waals surface area contributed by atoms with E-state index in [-0.39, 0.29) is 12.1 Å². The summed E-state index contributed by atoms with van der Waals surface area (Å²) < 4.78 is 44.9. The lowest BCUT2D eigenvalue weighted by Crippen LogP contribution is -2.42. The van der Waals surface area contributed by atoms with Crippen LogP contribution >= 0.6 is 0 Å². The molecule has 3 nitrogen and oxygen atoms in total. The van der Waals surface area contributed by atoms with Gasteiger partial charge in [0, 0.05) is 12.6 Å². The van der Waals surface area contributed by atoms with Crippen molar-refractivity contribution in [1.29, 1.82) is 0 Å². The Morgan fingerprint density at radius 2 is 1.61 bits per heavy atom. The summed E-state index contributed by atoms with van der Waals surface area (Å²) in [7, 11) is 0. The first-order valence-corrected chi connectivity index (χ1v) is 10.4. The highest BCUT2D eigenvalue weighted by molar-refractivity contribution is 5.34. The Balaban J connectivity index is 1.53. The van der Waals surface area contributed by atoms with Gasteiger partial charge in [0.2, 0.25) is 0 Å². The van der Waals surface area contributed by atoms with E-state index in [9.17, 15) is 13.2 Å². The van der Waals surface area contributed by atoms with Gasteiger partial charge in [0.05, 0.1) is 12.1 Å². The third-order valence-corrected chi connectivity index (χ3v) is 5.58. The monoisotopic (exact) mass is 426 g/mol. The van der Waals surface area contributed by atoms with E-state index < -0.39 is 11.7 Å². The van der Waals surface area contributed by atoms with Gasteiger partial charge >= 0.3 is 6.18 Å². The van der Waals surface area contributed by atoms with Crippen LogP contribution in [0.1, 0.15) is 41.3 Å². The number of hydrogen-bond acceptors (Lipinski definition) is 3. The van der Waals surface area contributed by atoms with E-state index in [1.807, 2.05) is 36.4 Å². The van der Waals surface area contributed by atoms with E-state index in [2.05, 4.69) is 35.6 Å². The van der Waals surface area contributed by atoms with Crippen LogP contribution in [0.2, 0.25) is 0 Å². The lowest BCUT2D eigenvalue weighted by Gasteiger charge is -2.29. The minimum Gasteiger partial charge on any atom is -0.484 e. The van der Waals surface area contributed by atoms with Crippen molar-refractivity contribution in [3.63, 3.8) is 0 Å². The number of hydrazine groups is 1. The Hall–Kier alpha value is -2.83. The fourth-order valence-corrected chi connectivity index (χ4v) is 3.92. The summed E-state index contributed by atoms with van der Waals surface area (Å²) in [6.45, 7) is 3.50. The molecule has 1 aliphatic heterocycles. The first-order valence-electron chi connectivity index (χ1n) is 10.4. The van der Waals surface area contributed by atoms with Crippen molar-refractivity contribution >= 4 is 0 Å². The van der Waals surface area contributed by atoms with Crippen LogP contribution in [0.15, 0.2) is 78.9 Å². The van der Waals surface area contributed by atoms with Crippen molar-refractivity contribution in [3.05, 3.63) is 101 Å². The van der Waals surface area contributed by atoms with E-state index >= 15 is 0 Å². The molecule has 6 heteroatoms. The summed E-state index contributed by atoms with van der Waals surface area (Å²) in [6.07, 6.45) is -3.80. The molecular weight excluding hydrogens is 401 g/mol. The molecule has 0 aliphatic carbocycles. The van der Waals surface area contributed by atoms with Crippen LogP contribution in [0, 0.1) is 0 Å². The molecule has 1 N–H and O–H groups in total. The molecule has 2 atom stereocenters. The number of ether oxygens (including phenoxy) is 1. The van der Waals surface area contributed by atoms with E-state index in [1.165, 1.54) is 23.3 Å². The van der Waals surface area contributed by atoms with Gasteiger partial charge in [-0.15, -0.1) is 0 Å². The molecule has 0 radical (unpaired) electrons. The van der Waals surface area contributed by atoms with Crippen LogP contribution < -0.4 is 10.2 Å². The zero-order chi connectivity index (χ0) is 21.8. The molecule has 1 aliphatic rings. The van der Waals surface area contributed by atoms with Gasteiger partial charge in [0.25, 0.3) is 0 Å². The molecule has 0 aromatic heterocycles. The third-order valence-electron chi connectivity index (χ3n) is 5.58. The molecule has 0 bridgehead atoms. The highest BCUT2D eigenvalue weighted by atomic mass is 19.4. The minimum atomic E-state index is -4.36. The highest BCUT2D eigenvalue weighted by Crippen LogP contribution is 2.33. The van der Waals surface area contributed by atoms with E-state index in [0.29, 0.717) is 12.3 Å². The fraction of sp³-hybridized carbons (Fsp3) is 0.280. The van der Waals surface area contributed by atoms with E-state index in [0.717, 1.165) is 30.7 Å². The van der Waals surface area contributed by atoms with Crippen LogP contribution in [-0.2, 0) is 12.6 Å². The average Bonchev–Trinajstić information content (AvgIpc) is 2.94. The molecule has 162 valence electrons. The predicted octanol–water partition coefficient (Wildman–Crippen LogP) is 5.95. The van der Waals surface area contributed by atoms with Crippen molar-refractivity contribution in [1.82, 2.24) is 10.4 Å². The first kappa shape index (κ1) is 21.4. The van der Waals surface area contributed by atoms with Crippen LogP contribution in [0.3, 0.4) is 0 Å².